The molecular weight excluding hydrogens is 212 g/mol. The van der Waals surface area contributed by atoms with Crippen molar-refractivity contribution in [2.45, 2.75) is 51.6 Å². The van der Waals surface area contributed by atoms with Gasteiger partial charge in [0, 0.05) is 31.7 Å². The number of carbonyl (C=O) groups excluding carboxylic acids is 1. The van der Waals surface area contributed by atoms with E-state index in [4.69, 9.17) is 0 Å². The van der Waals surface area contributed by atoms with E-state index in [2.05, 4.69) is 32.3 Å². The van der Waals surface area contributed by atoms with Gasteiger partial charge in [0.15, 0.2) is 0 Å². The molecule has 1 fully saturated rings. The first-order chi connectivity index (χ1) is 7.98. The molecule has 3 heteroatoms. The van der Waals surface area contributed by atoms with Gasteiger partial charge in [0.2, 0.25) is 5.91 Å². The lowest BCUT2D eigenvalue weighted by Crippen LogP contribution is -2.46. The summed E-state index contributed by atoms with van der Waals surface area (Å²) in [7, 11) is 1.88. The fourth-order valence-electron chi connectivity index (χ4n) is 2.57. The SMILES string of the molecule is C=CC(=O)N(C)C1CCN(C(C)(CC)CC)C1. The molecular formula is C14H26N2O. The largest absolute Gasteiger partial charge is 0.338 e. The molecule has 1 saturated heterocycles. The molecule has 98 valence electrons. The van der Waals surface area contributed by atoms with Crippen molar-refractivity contribution in [3.8, 4) is 0 Å². The highest BCUT2D eigenvalue weighted by Crippen LogP contribution is 2.28. The average molecular weight is 238 g/mol. The zero-order chi connectivity index (χ0) is 13.1. The number of carbonyl (C=O) groups is 1. The quantitative estimate of drug-likeness (QED) is 0.686. The van der Waals surface area contributed by atoms with E-state index >= 15 is 0 Å². The summed E-state index contributed by atoms with van der Waals surface area (Å²) in [4.78, 5) is 15.9. The Labute approximate surface area is 105 Å². The van der Waals surface area contributed by atoms with E-state index in [0.29, 0.717) is 6.04 Å². The normalized spacial score (nSPS) is 21.5. The number of hydrogen-bond donors (Lipinski definition) is 0. The van der Waals surface area contributed by atoms with E-state index in [0.717, 1.165) is 32.4 Å². The molecule has 0 bridgehead atoms. The molecule has 1 rings (SSSR count). The number of rotatable bonds is 5. The maximum Gasteiger partial charge on any atom is 0.245 e. The zero-order valence-electron chi connectivity index (χ0n) is 11.7. The third-order valence-corrected chi connectivity index (χ3v) is 4.52. The molecule has 0 radical (unpaired) electrons. The summed E-state index contributed by atoms with van der Waals surface area (Å²) < 4.78 is 0. The van der Waals surface area contributed by atoms with Crippen molar-refractivity contribution in [2.75, 3.05) is 20.1 Å². The highest BCUT2D eigenvalue weighted by Gasteiger charge is 2.36. The lowest BCUT2D eigenvalue weighted by molar-refractivity contribution is -0.126. The monoisotopic (exact) mass is 238 g/mol. The van der Waals surface area contributed by atoms with Gasteiger partial charge in [-0.3, -0.25) is 9.69 Å². The maximum atomic E-state index is 11.6. The van der Waals surface area contributed by atoms with Crippen LogP contribution in [-0.4, -0.2) is 47.4 Å². The van der Waals surface area contributed by atoms with Crippen LogP contribution in [0.15, 0.2) is 12.7 Å². The number of hydrogen-bond acceptors (Lipinski definition) is 2. The van der Waals surface area contributed by atoms with Crippen LogP contribution >= 0.6 is 0 Å². The second kappa shape index (κ2) is 5.67. The molecule has 0 aromatic rings. The molecule has 1 unspecified atom stereocenters. The molecule has 0 spiro atoms. The minimum absolute atomic E-state index is 0.0338. The van der Waals surface area contributed by atoms with Gasteiger partial charge in [0.25, 0.3) is 0 Å². The van der Waals surface area contributed by atoms with Crippen LogP contribution in [-0.2, 0) is 4.79 Å². The molecule has 0 saturated carbocycles. The maximum absolute atomic E-state index is 11.6. The summed E-state index contributed by atoms with van der Waals surface area (Å²) in [5, 5.41) is 0. The van der Waals surface area contributed by atoms with Crippen molar-refractivity contribution in [3.63, 3.8) is 0 Å². The zero-order valence-corrected chi connectivity index (χ0v) is 11.7. The van der Waals surface area contributed by atoms with Crippen molar-refractivity contribution in [1.29, 1.82) is 0 Å². The molecule has 1 heterocycles. The van der Waals surface area contributed by atoms with Crippen LogP contribution in [0.5, 0.6) is 0 Å². The number of likely N-dealkylation sites (tertiary alicyclic amines) is 1. The lowest BCUT2D eigenvalue weighted by Gasteiger charge is -2.38. The van der Waals surface area contributed by atoms with Crippen LogP contribution in [0.3, 0.4) is 0 Å². The van der Waals surface area contributed by atoms with Crippen LogP contribution in [0.2, 0.25) is 0 Å². The van der Waals surface area contributed by atoms with Gasteiger partial charge in [-0.05, 0) is 32.3 Å². The van der Waals surface area contributed by atoms with Gasteiger partial charge in [0.1, 0.15) is 0 Å². The molecule has 0 aromatic heterocycles. The standard InChI is InChI=1S/C14H26N2O/c1-6-13(17)15(5)12-9-10-16(11-12)14(4,7-2)8-3/h6,12H,1,7-11H2,2-5H3. The summed E-state index contributed by atoms with van der Waals surface area (Å²) in [6, 6.07) is 0.345. The topological polar surface area (TPSA) is 23.6 Å². The predicted molar refractivity (Wildman–Crippen MR) is 71.9 cm³/mol. The number of likely N-dealkylation sites (N-methyl/N-ethyl adjacent to an activating group) is 1. The fraction of sp³-hybridized carbons (Fsp3) is 0.786. The first-order valence-electron chi connectivity index (χ1n) is 6.62. The third-order valence-electron chi connectivity index (χ3n) is 4.52. The Morgan fingerprint density at radius 1 is 1.53 bits per heavy atom. The van der Waals surface area contributed by atoms with E-state index in [-0.39, 0.29) is 11.4 Å². The van der Waals surface area contributed by atoms with Gasteiger partial charge in [-0.15, -0.1) is 0 Å². The molecule has 1 aliphatic rings. The Balaban J connectivity index is 2.64. The Hall–Kier alpha value is -0.830. The van der Waals surface area contributed by atoms with Crippen LogP contribution < -0.4 is 0 Å². The molecule has 0 aromatic carbocycles. The van der Waals surface area contributed by atoms with Crippen molar-refractivity contribution in [2.24, 2.45) is 0 Å². The smallest absolute Gasteiger partial charge is 0.245 e. The van der Waals surface area contributed by atoms with E-state index in [1.165, 1.54) is 6.08 Å². The fourth-order valence-corrected chi connectivity index (χ4v) is 2.57. The van der Waals surface area contributed by atoms with Crippen LogP contribution in [0.4, 0.5) is 0 Å². The molecule has 17 heavy (non-hydrogen) atoms. The van der Waals surface area contributed by atoms with E-state index in [1.807, 2.05) is 11.9 Å². The Morgan fingerprint density at radius 2 is 2.12 bits per heavy atom. The molecule has 3 nitrogen and oxygen atoms in total. The Kier molecular flexibility index (Phi) is 4.75. The summed E-state index contributed by atoms with van der Waals surface area (Å²) in [6.45, 7) is 12.5. The van der Waals surface area contributed by atoms with Gasteiger partial charge < -0.3 is 4.90 Å². The summed E-state index contributed by atoms with van der Waals surface area (Å²) in [6.07, 6.45) is 4.80. The number of amides is 1. The predicted octanol–water partition coefficient (Wildman–Crippen LogP) is 2.28. The molecule has 1 atom stereocenters. The average Bonchev–Trinajstić information content (AvgIpc) is 2.85. The minimum atomic E-state index is 0.0338. The second-order valence-corrected chi connectivity index (χ2v) is 5.25. The van der Waals surface area contributed by atoms with Crippen LogP contribution in [0.1, 0.15) is 40.0 Å². The summed E-state index contributed by atoms with van der Waals surface area (Å²) in [5.74, 6) is 0.0338. The van der Waals surface area contributed by atoms with Gasteiger partial charge in [-0.1, -0.05) is 20.4 Å². The van der Waals surface area contributed by atoms with Gasteiger partial charge in [-0.2, -0.15) is 0 Å². The second-order valence-electron chi connectivity index (χ2n) is 5.25. The van der Waals surface area contributed by atoms with E-state index < -0.39 is 0 Å². The van der Waals surface area contributed by atoms with Gasteiger partial charge in [-0.25, -0.2) is 0 Å². The Bertz CT molecular complexity index is 284. The number of nitrogens with zero attached hydrogens (tertiary/aromatic N) is 2. The van der Waals surface area contributed by atoms with E-state index in [1.54, 1.807) is 0 Å². The van der Waals surface area contributed by atoms with Crippen LogP contribution in [0, 0.1) is 0 Å². The molecule has 0 N–H and O–H groups in total. The Morgan fingerprint density at radius 3 is 2.59 bits per heavy atom. The van der Waals surface area contributed by atoms with Crippen molar-refractivity contribution >= 4 is 5.91 Å². The lowest BCUT2D eigenvalue weighted by atomic mass is 9.93. The van der Waals surface area contributed by atoms with Crippen molar-refractivity contribution in [1.82, 2.24) is 9.80 Å². The van der Waals surface area contributed by atoms with Crippen molar-refractivity contribution in [3.05, 3.63) is 12.7 Å². The first-order valence-corrected chi connectivity index (χ1v) is 6.62. The summed E-state index contributed by atoms with van der Waals surface area (Å²) >= 11 is 0. The molecule has 1 amide bonds. The molecule has 0 aliphatic carbocycles. The van der Waals surface area contributed by atoms with Gasteiger partial charge >= 0.3 is 0 Å². The van der Waals surface area contributed by atoms with E-state index in [9.17, 15) is 4.79 Å². The van der Waals surface area contributed by atoms with Crippen molar-refractivity contribution < 1.29 is 4.79 Å². The highest BCUT2D eigenvalue weighted by atomic mass is 16.2. The highest BCUT2D eigenvalue weighted by molar-refractivity contribution is 5.87. The third kappa shape index (κ3) is 2.89. The van der Waals surface area contributed by atoms with Gasteiger partial charge in [0.05, 0.1) is 0 Å². The minimum Gasteiger partial charge on any atom is -0.338 e. The van der Waals surface area contributed by atoms with Crippen LogP contribution in [0.25, 0.3) is 0 Å². The first kappa shape index (κ1) is 14.2. The summed E-state index contributed by atoms with van der Waals surface area (Å²) in [5.41, 5.74) is 0.285. The molecule has 1 aliphatic heterocycles.